The molecule has 6 heteroatoms. The highest BCUT2D eigenvalue weighted by atomic mass is 16.2. The van der Waals surface area contributed by atoms with Crippen molar-refractivity contribution in [1.82, 2.24) is 15.6 Å². The lowest BCUT2D eigenvalue weighted by molar-refractivity contribution is -0.112. The highest BCUT2D eigenvalue weighted by molar-refractivity contribution is 6.41. The molecule has 2 heterocycles. The molecule has 25 heavy (non-hydrogen) atoms. The number of aryl methyl sites for hydroxylation is 2. The summed E-state index contributed by atoms with van der Waals surface area (Å²) in [5.74, 6) is -0.310. The second-order valence-corrected chi connectivity index (χ2v) is 6.10. The summed E-state index contributed by atoms with van der Waals surface area (Å²) < 4.78 is 0. The van der Waals surface area contributed by atoms with Gasteiger partial charge in [0.1, 0.15) is 0 Å². The van der Waals surface area contributed by atoms with Crippen molar-refractivity contribution < 1.29 is 9.59 Å². The predicted molar refractivity (Wildman–Crippen MR) is 99.4 cm³/mol. The van der Waals surface area contributed by atoms with Crippen LogP contribution in [0.3, 0.4) is 0 Å². The van der Waals surface area contributed by atoms with Crippen molar-refractivity contribution in [2.24, 2.45) is 0 Å². The number of likely N-dealkylation sites (N-methyl/N-ethyl adjacent to an activating group) is 1. The average molecular weight is 338 g/mol. The minimum atomic E-state index is -0.407. The van der Waals surface area contributed by atoms with Crippen LogP contribution in [0.5, 0.6) is 0 Å². The van der Waals surface area contributed by atoms with Crippen molar-refractivity contribution in [1.29, 1.82) is 0 Å². The molecular weight excluding hydrogens is 316 g/mol. The van der Waals surface area contributed by atoms with Crippen molar-refractivity contribution in [3.63, 3.8) is 0 Å². The Morgan fingerprint density at radius 3 is 2.68 bits per heavy atom. The summed E-state index contributed by atoms with van der Waals surface area (Å²) in [6, 6.07) is 8.97. The van der Waals surface area contributed by atoms with Crippen LogP contribution in [0, 0.1) is 13.8 Å². The van der Waals surface area contributed by atoms with Gasteiger partial charge in [-0.3, -0.25) is 4.79 Å². The maximum Gasteiger partial charge on any atom is 0.329 e. The molecule has 0 aliphatic carbocycles. The number of H-pyrrole nitrogens is 1. The lowest BCUT2D eigenvalue weighted by Crippen LogP contribution is -2.43. The molecule has 2 aromatic rings. The standard InChI is InChI=1S/C19H22N4O2/c1-12-10-13(2)22-16(12)11-15-14-6-4-5-7-17(14)23(18(15)24)19(25)21-9-8-20-3/h4-7,10-11,20,22H,8-9H2,1-3H3,(H,21,25)/b15-11-. The summed E-state index contributed by atoms with van der Waals surface area (Å²) in [4.78, 5) is 29.9. The number of imide groups is 1. The Balaban J connectivity index is 1.98. The molecule has 0 saturated carbocycles. The summed E-state index contributed by atoms with van der Waals surface area (Å²) in [7, 11) is 1.81. The van der Waals surface area contributed by atoms with Crippen LogP contribution in [0.1, 0.15) is 22.5 Å². The highest BCUT2D eigenvalue weighted by Gasteiger charge is 2.36. The SMILES string of the molecule is CNCCNC(=O)N1C(=O)/C(=C\c2[nH]c(C)cc2C)c2ccccc21. The zero-order valence-electron chi connectivity index (χ0n) is 14.6. The van der Waals surface area contributed by atoms with Gasteiger partial charge in [0.25, 0.3) is 5.91 Å². The number of carbonyl (C=O) groups is 2. The molecule has 3 amide bonds. The smallest absolute Gasteiger partial charge is 0.329 e. The van der Waals surface area contributed by atoms with Crippen molar-refractivity contribution in [3.05, 3.63) is 52.8 Å². The van der Waals surface area contributed by atoms with Gasteiger partial charge >= 0.3 is 6.03 Å². The number of aromatic amines is 1. The molecule has 0 bridgehead atoms. The Morgan fingerprint density at radius 2 is 2.00 bits per heavy atom. The molecule has 0 atom stereocenters. The van der Waals surface area contributed by atoms with Crippen molar-refractivity contribution in [2.45, 2.75) is 13.8 Å². The Morgan fingerprint density at radius 1 is 1.24 bits per heavy atom. The van der Waals surface area contributed by atoms with Crippen molar-refractivity contribution >= 4 is 29.3 Å². The van der Waals surface area contributed by atoms with E-state index >= 15 is 0 Å². The summed E-state index contributed by atoms with van der Waals surface area (Å²) in [6.07, 6.45) is 1.82. The molecule has 0 saturated heterocycles. The van der Waals surface area contributed by atoms with Crippen LogP contribution in [0.4, 0.5) is 10.5 Å². The third-order valence-corrected chi connectivity index (χ3v) is 4.20. The van der Waals surface area contributed by atoms with Gasteiger partial charge < -0.3 is 15.6 Å². The van der Waals surface area contributed by atoms with E-state index in [0.717, 1.165) is 22.5 Å². The van der Waals surface area contributed by atoms with E-state index in [1.165, 1.54) is 4.90 Å². The fourth-order valence-corrected chi connectivity index (χ4v) is 3.00. The third kappa shape index (κ3) is 3.21. The Kier molecular flexibility index (Phi) is 4.72. The van der Waals surface area contributed by atoms with Crippen LogP contribution >= 0.6 is 0 Å². The molecule has 130 valence electrons. The summed E-state index contributed by atoms with van der Waals surface area (Å²) >= 11 is 0. The van der Waals surface area contributed by atoms with Crippen LogP contribution < -0.4 is 15.5 Å². The van der Waals surface area contributed by atoms with E-state index in [4.69, 9.17) is 0 Å². The molecule has 3 N–H and O–H groups in total. The molecular formula is C19H22N4O2. The number of hydrogen-bond acceptors (Lipinski definition) is 3. The number of rotatable bonds is 4. The van der Waals surface area contributed by atoms with E-state index in [9.17, 15) is 9.59 Å². The molecule has 0 fully saturated rings. The van der Waals surface area contributed by atoms with E-state index in [0.29, 0.717) is 24.4 Å². The normalized spacial score (nSPS) is 14.9. The highest BCUT2D eigenvalue weighted by Crippen LogP contribution is 2.37. The van der Waals surface area contributed by atoms with Gasteiger partial charge in [-0.15, -0.1) is 0 Å². The predicted octanol–water partition coefficient (Wildman–Crippen LogP) is 2.45. The number of anilines is 1. The van der Waals surface area contributed by atoms with E-state index in [2.05, 4.69) is 15.6 Å². The molecule has 0 radical (unpaired) electrons. The van der Waals surface area contributed by atoms with Gasteiger partial charge in [-0.1, -0.05) is 18.2 Å². The van der Waals surface area contributed by atoms with Gasteiger partial charge in [0.05, 0.1) is 11.3 Å². The molecule has 1 aliphatic rings. The second-order valence-electron chi connectivity index (χ2n) is 6.10. The lowest BCUT2D eigenvalue weighted by Gasteiger charge is -2.15. The van der Waals surface area contributed by atoms with Crippen LogP contribution in [0.25, 0.3) is 11.6 Å². The third-order valence-electron chi connectivity index (χ3n) is 4.20. The number of urea groups is 1. The number of benzene rings is 1. The number of fused-ring (bicyclic) bond motifs is 1. The van der Waals surface area contributed by atoms with Gasteiger partial charge in [0.2, 0.25) is 0 Å². The molecule has 0 unspecified atom stereocenters. The van der Waals surface area contributed by atoms with Gasteiger partial charge in [0.15, 0.2) is 0 Å². The van der Waals surface area contributed by atoms with Crippen molar-refractivity contribution in [3.8, 4) is 0 Å². The van der Waals surface area contributed by atoms with E-state index in [1.807, 2.05) is 51.2 Å². The molecule has 1 aromatic heterocycles. The molecule has 6 nitrogen and oxygen atoms in total. The fourth-order valence-electron chi connectivity index (χ4n) is 3.00. The Hall–Kier alpha value is -2.86. The zero-order valence-corrected chi connectivity index (χ0v) is 14.6. The Bertz CT molecular complexity index is 851. The van der Waals surface area contributed by atoms with Gasteiger partial charge in [-0.25, -0.2) is 9.69 Å². The first-order valence-electron chi connectivity index (χ1n) is 8.27. The average Bonchev–Trinajstić information content (AvgIpc) is 3.05. The van der Waals surface area contributed by atoms with Crippen LogP contribution in [-0.2, 0) is 4.79 Å². The van der Waals surface area contributed by atoms with E-state index in [1.54, 1.807) is 6.07 Å². The van der Waals surface area contributed by atoms with Gasteiger partial charge in [-0.2, -0.15) is 0 Å². The number of carbonyl (C=O) groups excluding carboxylic acids is 2. The first-order valence-corrected chi connectivity index (χ1v) is 8.27. The number of hydrogen-bond donors (Lipinski definition) is 3. The first-order chi connectivity index (χ1) is 12.0. The number of nitrogens with one attached hydrogen (secondary N) is 3. The molecule has 1 aliphatic heterocycles. The Labute approximate surface area is 146 Å². The van der Waals surface area contributed by atoms with Crippen LogP contribution in [0.15, 0.2) is 30.3 Å². The maximum absolute atomic E-state index is 12.9. The van der Waals surface area contributed by atoms with Crippen LogP contribution in [0.2, 0.25) is 0 Å². The summed E-state index contributed by atoms with van der Waals surface area (Å²) in [5, 5.41) is 5.73. The molecule has 0 spiro atoms. The maximum atomic E-state index is 12.9. The zero-order chi connectivity index (χ0) is 18.0. The van der Waals surface area contributed by atoms with E-state index < -0.39 is 6.03 Å². The van der Waals surface area contributed by atoms with Crippen molar-refractivity contribution in [2.75, 3.05) is 25.0 Å². The second kappa shape index (κ2) is 6.94. The monoisotopic (exact) mass is 338 g/mol. The molecule has 3 rings (SSSR count). The summed E-state index contributed by atoms with van der Waals surface area (Å²) in [6.45, 7) is 5.05. The van der Waals surface area contributed by atoms with Crippen LogP contribution in [-0.4, -0.2) is 37.1 Å². The number of amides is 3. The number of nitrogens with zero attached hydrogens (tertiary/aromatic N) is 1. The lowest BCUT2D eigenvalue weighted by atomic mass is 10.1. The topological polar surface area (TPSA) is 77.2 Å². The fraction of sp³-hybridized carbons (Fsp3) is 0.263. The van der Waals surface area contributed by atoms with E-state index in [-0.39, 0.29) is 5.91 Å². The van der Waals surface area contributed by atoms with Gasteiger partial charge in [0, 0.05) is 30.0 Å². The largest absolute Gasteiger partial charge is 0.359 e. The quantitative estimate of drug-likeness (QED) is 0.592. The minimum Gasteiger partial charge on any atom is -0.359 e. The first kappa shape index (κ1) is 17.0. The summed E-state index contributed by atoms with van der Waals surface area (Å²) in [5.41, 5.74) is 4.87. The number of para-hydroxylation sites is 1. The minimum absolute atomic E-state index is 0.310. The number of aromatic nitrogens is 1. The molecule has 1 aromatic carbocycles. The van der Waals surface area contributed by atoms with Gasteiger partial charge in [-0.05, 0) is 44.7 Å².